The summed E-state index contributed by atoms with van der Waals surface area (Å²) in [4.78, 5) is 2.02. The number of nitrogens with zero attached hydrogens (tertiary/aromatic N) is 1. The van der Waals surface area contributed by atoms with E-state index in [0.29, 0.717) is 0 Å². The average Bonchev–Trinajstić information content (AvgIpc) is 2.05. The lowest BCUT2D eigenvalue weighted by Gasteiger charge is -2.11. The molecule has 0 aliphatic heterocycles. The van der Waals surface area contributed by atoms with Crippen LogP contribution in [0.2, 0.25) is 0 Å². The monoisotopic (exact) mass is 148 g/mol. The van der Waals surface area contributed by atoms with E-state index >= 15 is 0 Å². The van der Waals surface area contributed by atoms with Crippen molar-refractivity contribution in [1.29, 1.82) is 0 Å². The van der Waals surface area contributed by atoms with Crippen molar-refractivity contribution in [2.24, 2.45) is 0 Å². The minimum absolute atomic E-state index is 0.829. The van der Waals surface area contributed by atoms with Crippen molar-refractivity contribution in [3.63, 3.8) is 0 Å². The number of hydrogen-bond acceptors (Lipinski definition) is 2. The van der Waals surface area contributed by atoms with E-state index < -0.39 is 0 Å². The maximum absolute atomic E-state index is 8.63. The number of rotatable bonds is 2. The second-order valence-electron chi connectivity index (χ2n) is 2.62. The molecule has 0 amide bonds. The molecule has 0 bridgehead atoms. The largest absolute Gasteiger partial charge is 0.450 e. The van der Waals surface area contributed by atoms with Gasteiger partial charge in [-0.05, 0) is 12.1 Å². The van der Waals surface area contributed by atoms with Gasteiger partial charge in [0.2, 0.25) is 0 Å². The summed E-state index contributed by atoms with van der Waals surface area (Å²) in [5.74, 6) is 0. The Morgan fingerprint density at radius 1 is 1.18 bits per heavy atom. The molecule has 1 aromatic rings. The van der Waals surface area contributed by atoms with Crippen molar-refractivity contribution in [2.45, 2.75) is 0 Å². The van der Waals surface area contributed by atoms with Crippen molar-refractivity contribution < 1.29 is 5.02 Å². The quantitative estimate of drug-likeness (QED) is 0.596. The molecule has 0 fully saturated rings. The summed E-state index contributed by atoms with van der Waals surface area (Å²) in [6.07, 6.45) is 0. The van der Waals surface area contributed by atoms with E-state index in [4.69, 9.17) is 5.02 Å². The maximum Gasteiger partial charge on any atom is 0.326 e. The van der Waals surface area contributed by atoms with E-state index in [1.165, 1.54) is 0 Å². The molecule has 1 radical (unpaired) electrons. The predicted octanol–water partition coefficient (Wildman–Crippen LogP) is -0.0106. The van der Waals surface area contributed by atoms with Gasteiger partial charge in [-0.3, -0.25) is 0 Å². The van der Waals surface area contributed by atoms with Crippen molar-refractivity contribution >= 4 is 18.6 Å². The SMILES string of the molecule is CN(C)c1ccc([B]O)cc1. The van der Waals surface area contributed by atoms with Gasteiger partial charge in [0.15, 0.2) is 0 Å². The van der Waals surface area contributed by atoms with Gasteiger partial charge in [-0.15, -0.1) is 0 Å². The van der Waals surface area contributed by atoms with Crippen LogP contribution in [0, 0.1) is 0 Å². The Morgan fingerprint density at radius 2 is 1.73 bits per heavy atom. The molecular formula is C8H11BNO. The Balaban J connectivity index is 2.83. The van der Waals surface area contributed by atoms with Crippen LogP contribution in [-0.2, 0) is 0 Å². The Morgan fingerprint density at radius 3 is 2.09 bits per heavy atom. The molecule has 57 valence electrons. The normalized spacial score (nSPS) is 9.36. The van der Waals surface area contributed by atoms with Gasteiger partial charge in [-0.25, -0.2) is 0 Å². The summed E-state index contributed by atoms with van der Waals surface area (Å²) in [5.41, 5.74) is 1.96. The number of anilines is 1. The van der Waals surface area contributed by atoms with Crippen molar-refractivity contribution in [3.05, 3.63) is 24.3 Å². The lowest BCUT2D eigenvalue weighted by molar-refractivity contribution is 0.615. The smallest absolute Gasteiger partial charge is 0.326 e. The molecule has 2 nitrogen and oxygen atoms in total. The summed E-state index contributed by atoms with van der Waals surface area (Å²) in [6, 6.07) is 7.66. The van der Waals surface area contributed by atoms with E-state index in [0.717, 1.165) is 18.6 Å². The van der Waals surface area contributed by atoms with Gasteiger partial charge in [0, 0.05) is 19.8 Å². The van der Waals surface area contributed by atoms with Gasteiger partial charge in [0.25, 0.3) is 0 Å². The Bertz CT molecular complexity index is 220. The minimum Gasteiger partial charge on any atom is -0.450 e. The fraction of sp³-hybridized carbons (Fsp3) is 0.250. The molecule has 1 N–H and O–H groups in total. The molecule has 0 spiro atoms. The van der Waals surface area contributed by atoms with Gasteiger partial charge in [0.1, 0.15) is 0 Å². The third kappa shape index (κ3) is 1.98. The Labute approximate surface area is 67.7 Å². The second-order valence-corrected chi connectivity index (χ2v) is 2.62. The second kappa shape index (κ2) is 3.44. The molecule has 0 aromatic heterocycles. The van der Waals surface area contributed by atoms with E-state index in [1.807, 2.05) is 43.3 Å². The molecule has 3 heteroatoms. The standard InChI is InChI=1S/C8H11BNO/c1-10(2)8-5-3-7(9-11)4-6-8/h3-6,11H,1-2H3. The van der Waals surface area contributed by atoms with Crippen LogP contribution in [0.3, 0.4) is 0 Å². The third-order valence-corrected chi connectivity index (χ3v) is 1.56. The van der Waals surface area contributed by atoms with Gasteiger partial charge in [0.05, 0.1) is 0 Å². The van der Waals surface area contributed by atoms with Gasteiger partial charge in [-0.1, -0.05) is 17.6 Å². The van der Waals surface area contributed by atoms with Gasteiger partial charge < -0.3 is 9.92 Å². The molecule has 0 saturated heterocycles. The minimum atomic E-state index is 0.829. The average molecular weight is 148 g/mol. The highest BCUT2D eigenvalue weighted by atomic mass is 16.2. The molecule has 0 aliphatic carbocycles. The van der Waals surface area contributed by atoms with Crippen LogP contribution in [0.5, 0.6) is 0 Å². The highest BCUT2D eigenvalue weighted by Gasteiger charge is 1.94. The summed E-state index contributed by atoms with van der Waals surface area (Å²) >= 11 is 0. The topological polar surface area (TPSA) is 23.5 Å². The van der Waals surface area contributed by atoms with E-state index in [-0.39, 0.29) is 0 Å². The molecule has 11 heavy (non-hydrogen) atoms. The van der Waals surface area contributed by atoms with Crippen molar-refractivity contribution in [2.75, 3.05) is 19.0 Å². The molecule has 0 heterocycles. The van der Waals surface area contributed by atoms with E-state index in [9.17, 15) is 0 Å². The molecule has 0 saturated carbocycles. The van der Waals surface area contributed by atoms with Crippen LogP contribution < -0.4 is 10.4 Å². The zero-order valence-corrected chi connectivity index (χ0v) is 6.78. The van der Waals surface area contributed by atoms with Crippen molar-refractivity contribution in [3.8, 4) is 0 Å². The highest BCUT2D eigenvalue weighted by Crippen LogP contribution is 2.06. The predicted molar refractivity (Wildman–Crippen MR) is 48.4 cm³/mol. The zero-order chi connectivity index (χ0) is 8.27. The number of hydrogen-bond donors (Lipinski definition) is 1. The summed E-state index contributed by atoms with van der Waals surface area (Å²) in [6.45, 7) is 0. The first-order valence-electron chi connectivity index (χ1n) is 3.49. The van der Waals surface area contributed by atoms with Crippen LogP contribution in [-0.4, -0.2) is 26.6 Å². The van der Waals surface area contributed by atoms with Crippen LogP contribution in [0.15, 0.2) is 24.3 Å². The highest BCUT2D eigenvalue weighted by molar-refractivity contribution is 6.45. The van der Waals surface area contributed by atoms with E-state index in [2.05, 4.69) is 0 Å². The van der Waals surface area contributed by atoms with Crippen LogP contribution in [0.4, 0.5) is 5.69 Å². The molecule has 0 unspecified atom stereocenters. The van der Waals surface area contributed by atoms with Crippen LogP contribution in [0.1, 0.15) is 0 Å². The first-order chi connectivity index (χ1) is 5.24. The fourth-order valence-corrected chi connectivity index (χ4v) is 0.859. The zero-order valence-electron chi connectivity index (χ0n) is 6.78. The van der Waals surface area contributed by atoms with E-state index in [1.54, 1.807) is 0 Å². The van der Waals surface area contributed by atoms with Gasteiger partial charge >= 0.3 is 7.48 Å². The fourth-order valence-electron chi connectivity index (χ4n) is 0.859. The Hall–Kier alpha value is -0.955. The molecule has 1 aromatic carbocycles. The maximum atomic E-state index is 8.63. The summed E-state index contributed by atoms with van der Waals surface area (Å²) in [7, 11) is 5.06. The Kier molecular flexibility index (Phi) is 2.55. The number of benzene rings is 1. The third-order valence-electron chi connectivity index (χ3n) is 1.56. The molecule has 0 atom stereocenters. The van der Waals surface area contributed by atoms with Gasteiger partial charge in [-0.2, -0.15) is 0 Å². The molecular weight excluding hydrogens is 137 g/mol. The lowest BCUT2D eigenvalue weighted by atomic mass is 9.89. The summed E-state index contributed by atoms with van der Waals surface area (Å²) in [5, 5.41) is 8.63. The lowest BCUT2D eigenvalue weighted by Crippen LogP contribution is -2.14. The first-order valence-corrected chi connectivity index (χ1v) is 3.49. The first kappa shape index (κ1) is 8.14. The van der Waals surface area contributed by atoms with Crippen molar-refractivity contribution in [1.82, 2.24) is 0 Å². The summed E-state index contributed by atoms with van der Waals surface area (Å²) < 4.78 is 0. The molecule has 0 aliphatic rings. The van der Waals surface area contributed by atoms with Crippen LogP contribution in [0.25, 0.3) is 0 Å². The van der Waals surface area contributed by atoms with Crippen LogP contribution >= 0.6 is 0 Å². The molecule has 1 rings (SSSR count).